The number of nitrogens with one attached hydrogen (secondary N) is 2. The third-order valence-corrected chi connectivity index (χ3v) is 4.92. The van der Waals surface area contributed by atoms with Crippen molar-refractivity contribution in [3.63, 3.8) is 0 Å². The predicted octanol–water partition coefficient (Wildman–Crippen LogP) is 3.53. The van der Waals surface area contributed by atoms with E-state index in [1.54, 1.807) is 28.4 Å². The van der Waals surface area contributed by atoms with Gasteiger partial charge in [0, 0.05) is 25.7 Å². The minimum absolute atomic E-state index is 0.389. The van der Waals surface area contributed by atoms with Gasteiger partial charge in [-0.1, -0.05) is 42.8 Å². The first-order chi connectivity index (χ1) is 14.0. The Morgan fingerprint density at radius 1 is 0.931 bits per heavy atom. The fourth-order valence-electron chi connectivity index (χ4n) is 3.16. The highest BCUT2D eigenvalue weighted by atomic mass is 16.5. The van der Waals surface area contributed by atoms with Gasteiger partial charge >= 0.3 is 0 Å². The summed E-state index contributed by atoms with van der Waals surface area (Å²) in [6.45, 7) is 5.83. The molecule has 2 N–H and O–H groups in total. The fraction of sp³-hybridized carbons (Fsp3) is 0.435. The van der Waals surface area contributed by atoms with Gasteiger partial charge in [0.25, 0.3) is 0 Å². The molecule has 0 spiro atoms. The van der Waals surface area contributed by atoms with Crippen LogP contribution in [0.1, 0.15) is 29.5 Å². The van der Waals surface area contributed by atoms with Gasteiger partial charge in [-0.25, -0.2) is 0 Å². The van der Waals surface area contributed by atoms with E-state index in [0.29, 0.717) is 29.7 Å². The van der Waals surface area contributed by atoms with Crippen LogP contribution >= 0.6 is 0 Å². The number of guanidine groups is 1. The summed E-state index contributed by atoms with van der Waals surface area (Å²) >= 11 is 0. The average molecular weight is 400 g/mol. The minimum atomic E-state index is 0.389. The number of nitrogens with zero attached hydrogens (tertiary/aromatic N) is 1. The first kappa shape index (κ1) is 22.4. The second kappa shape index (κ2) is 11.2. The third kappa shape index (κ3) is 6.04. The van der Waals surface area contributed by atoms with E-state index in [-0.39, 0.29) is 0 Å². The van der Waals surface area contributed by atoms with E-state index in [1.165, 1.54) is 11.1 Å². The van der Waals surface area contributed by atoms with Gasteiger partial charge in [-0.15, -0.1) is 0 Å². The van der Waals surface area contributed by atoms with E-state index < -0.39 is 0 Å². The number of aliphatic imine (C=N–C) groups is 1. The number of rotatable bonds is 9. The molecule has 0 aliphatic carbocycles. The van der Waals surface area contributed by atoms with Gasteiger partial charge in [-0.2, -0.15) is 0 Å². The summed E-state index contributed by atoms with van der Waals surface area (Å²) in [5, 5.41) is 6.76. The molecule has 0 fully saturated rings. The lowest BCUT2D eigenvalue weighted by atomic mass is 10.0. The van der Waals surface area contributed by atoms with Crippen molar-refractivity contribution in [2.45, 2.75) is 26.2 Å². The second-order valence-electron chi connectivity index (χ2n) is 6.94. The van der Waals surface area contributed by atoms with Crippen LogP contribution in [-0.2, 0) is 6.42 Å². The van der Waals surface area contributed by atoms with Crippen LogP contribution in [0.2, 0.25) is 0 Å². The normalized spacial score (nSPS) is 12.3. The Bertz CT molecular complexity index is 804. The molecule has 158 valence electrons. The molecule has 1 atom stereocenters. The Morgan fingerprint density at radius 3 is 2.21 bits per heavy atom. The first-order valence-electron chi connectivity index (χ1n) is 9.82. The van der Waals surface area contributed by atoms with Crippen LogP contribution in [-0.4, -0.2) is 47.4 Å². The average Bonchev–Trinajstić information content (AvgIpc) is 2.75. The summed E-state index contributed by atoms with van der Waals surface area (Å²) in [6.07, 6.45) is 0.762. The van der Waals surface area contributed by atoms with Crippen molar-refractivity contribution in [3.05, 3.63) is 53.1 Å². The Kier molecular flexibility index (Phi) is 8.65. The lowest BCUT2D eigenvalue weighted by Gasteiger charge is -2.18. The molecule has 0 aliphatic heterocycles. The highest BCUT2D eigenvalue weighted by Crippen LogP contribution is 2.39. The summed E-state index contributed by atoms with van der Waals surface area (Å²) in [4.78, 5) is 4.32. The highest BCUT2D eigenvalue weighted by molar-refractivity contribution is 5.79. The third-order valence-electron chi connectivity index (χ3n) is 4.92. The van der Waals surface area contributed by atoms with Crippen LogP contribution < -0.4 is 24.8 Å². The molecule has 0 radical (unpaired) electrons. The molecule has 2 rings (SSSR count). The van der Waals surface area contributed by atoms with Crippen LogP contribution in [0.15, 0.2) is 41.4 Å². The molecule has 2 aromatic rings. The van der Waals surface area contributed by atoms with Gasteiger partial charge in [-0.05, 0) is 30.9 Å². The molecule has 0 aromatic heterocycles. The molecule has 6 nitrogen and oxygen atoms in total. The SMILES string of the molecule is CN=C(NCCc1ccc(OC)c(OC)c1OC)NCC(C)c1ccc(C)cc1. The van der Waals surface area contributed by atoms with Crippen molar-refractivity contribution in [2.24, 2.45) is 4.99 Å². The summed E-state index contributed by atoms with van der Waals surface area (Å²) in [7, 11) is 6.65. The quantitative estimate of drug-likeness (QED) is 0.499. The number of ether oxygens (including phenoxy) is 3. The lowest BCUT2D eigenvalue weighted by Crippen LogP contribution is -2.39. The molecule has 0 aliphatic rings. The summed E-state index contributed by atoms with van der Waals surface area (Å²) in [5.41, 5.74) is 3.63. The molecule has 0 saturated heterocycles. The summed E-state index contributed by atoms with van der Waals surface area (Å²) < 4.78 is 16.3. The Hall–Kier alpha value is -2.89. The highest BCUT2D eigenvalue weighted by Gasteiger charge is 2.15. The molecular weight excluding hydrogens is 366 g/mol. The van der Waals surface area contributed by atoms with E-state index in [9.17, 15) is 0 Å². The zero-order chi connectivity index (χ0) is 21.2. The number of hydrogen-bond acceptors (Lipinski definition) is 4. The Balaban J connectivity index is 1.91. The van der Waals surface area contributed by atoms with Crippen molar-refractivity contribution < 1.29 is 14.2 Å². The topological polar surface area (TPSA) is 64.1 Å². The molecule has 0 heterocycles. The van der Waals surface area contributed by atoms with Crippen LogP contribution in [0, 0.1) is 6.92 Å². The van der Waals surface area contributed by atoms with Gasteiger partial charge in [0.05, 0.1) is 21.3 Å². The molecule has 29 heavy (non-hydrogen) atoms. The zero-order valence-corrected chi connectivity index (χ0v) is 18.3. The first-order valence-corrected chi connectivity index (χ1v) is 9.82. The lowest BCUT2D eigenvalue weighted by molar-refractivity contribution is 0.322. The minimum Gasteiger partial charge on any atom is -0.493 e. The monoisotopic (exact) mass is 399 g/mol. The van der Waals surface area contributed by atoms with Gasteiger partial charge < -0.3 is 24.8 Å². The van der Waals surface area contributed by atoms with E-state index in [2.05, 4.69) is 53.7 Å². The number of aryl methyl sites for hydroxylation is 1. The summed E-state index contributed by atoms with van der Waals surface area (Å²) in [6, 6.07) is 12.6. The molecule has 6 heteroatoms. The van der Waals surface area contributed by atoms with Crippen LogP contribution in [0.25, 0.3) is 0 Å². The molecule has 0 amide bonds. The van der Waals surface area contributed by atoms with Crippen LogP contribution in [0.3, 0.4) is 0 Å². The van der Waals surface area contributed by atoms with E-state index in [1.807, 2.05) is 12.1 Å². The van der Waals surface area contributed by atoms with Crippen molar-refractivity contribution in [2.75, 3.05) is 41.5 Å². The van der Waals surface area contributed by atoms with Gasteiger partial charge in [0.15, 0.2) is 17.5 Å². The van der Waals surface area contributed by atoms with Gasteiger partial charge in [0.1, 0.15) is 0 Å². The molecule has 2 aromatic carbocycles. The maximum Gasteiger partial charge on any atom is 0.203 e. The molecular formula is C23H33N3O3. The molecule has 0 bridgehead atoms. The summed E-state index contributed by atoms with van der Waals surface area (Å²) in [5.74, 6) is 3.14. The Labute approximate surface area is 174 Å². The van der Waals surface area contributed by atoms with Gasteiger partial charge in [0.2, 0.25) is 5.75 Å². The zero-order valence-electron chi connectivity index (χ0n) is 18.3. The standard InChI is InChI=1S/C23H33N3O3/c1-16-7-9-18(10-8-16)17(2)15-26-23(24-3)25-14-13-19-11-12-20(27-4)22(29-6)21(19)28-5/h7-12,17H,13-15H2,1-6H3,(H2,24,25,26). The number of methoxy groups -OCH3 is 3. The number of hydrogen-bond donors (Lipinski definition) is 2. The van der Waals surface area contributed by atoms with E-state index in [4.69, 9.17) is 14.2 Å². The van der Waals surface area contributed by atoms with Crippen molar-refractivity contribution in [1.29, 1.82) is 0 Å². The maximum atomic E-state index is 5.55. The van der Waals surface area contributed by atoms with E-state index >= 15 is 0 Å². The van der Waals surface area contributed by atoms with E-state index in [0.717, 1.165) is 24.5 Å². The van der Waals surface area contributed by atoms with Gasteiger partial charge in [-0.3, -0.25) is 4.99 Å². The van der Waals surface area contributed by atoms with Crippen molar-refractivity contribution in [3.8, 4) is 17.2 Å². The smallest absolute Gasteiger partial charge is 0.203 e. The predicted molar refractivity (Wildman–Crippen MR) is 119 cm³/mol. The van der Waals surface area contributed by atoms with Crippen LogP contribution in [0.4, 0.5) is 0 Å². The molecule has 0 saturated carbocycles. The van der Waals surface area contributed by atoms with Crippen molar-refractivity contribution in [1.82, 2.24) is 10.6 Å². The second-order valence-corrected chi connectivity index (χ2v) is 6.94. The van der Waals surface area contributed by atoms with Crippen LogP contribution in [0.5, 0.6) is 17.2 Å². The number of benzene rings is 2. The molecule has 1 unspecified atom stereocenters. The maximum absolute atomic E-state index is 5.55. The Morgan fingerprint density at radius 2 is 1.62 bits per heavy atom. The fourth-order valence-corrected chi connectivity index (χ4v) is 3.16. The largest absolute Gasteiger partial charge is 0.493 e. The van der Waals surface area contributed by atoms with Crippen molar-refractivity contribution >= 4 is 5.96 Å².